The molecule has 0 atom stereocenters. The van der Waals surface area contributed by atoms with Crippen molar-refractivity contribution in [1.29, 1.82) is 0 Å². The van der Waals surface area contributed by atoms with Crippen LogP contribution in [0.1, 0.15) is 45.1 Å². The number of guanidine groups is 1. The molecule has 1 aliphatic rings. The number of phenolic OH excluding ortho intramolecular Hbond substituents is 1. The van der Waals surface area contributed by atoms with Crippen LogP contribution in [0.5, 0.6) is 11.5 Å². The summed E-state index contributed by atoms with van der Waals surface area (Å²) < 4.78 is 5.44. The Morgan fingerprint density at radius 3 is 2.52 bits per heavy atom. The molecule has 1 saturated carbocycles. The number of hydrogen-bond donors (Lipinski definition) is 3. The lowest BCUT2D eigenvalue weighted by Gasteiger charge is -2.31. The van der Waals surface area contributed by atoms with E-state index in [4.69, 9.17) is 4.74 Å². The van der Waals surface area contributed by atoms with Crippen molar-refractivity contribution < 1.29 is 14.6 Å². The molecule has 1 aliphatic carbocycles. The molecule has 0 unspecified atom stereocenters. The number of nitrogens with zero attached hydrogens (tertiary/aromatic N) is 2. The van der Waals surface area contributed by atoms with E-state index in [1.807, 2.05) is 34.0 Å². The zero-order valence-electron chi connectivity index (χ0n) is 18.0. The fourth-order valence-corrected chi connectivity index (χ4v) is 3.69. The van der Waals surface area contributed by atoms with Crippen LogP contribution in [-0.4, -0.2) is 55.7 Å². The fourth-order valence-electron chi connectivity index (χ4n) is 3.69. The topological polar surface area (TPSA) is 86.2 Å². The quantitative estimate of drug-likeness (QED) is 0.280. The molecule has 0 heterocycles. The summed E-state index contributed by atoms with van der Waals surface area (Å²) >= 11 is 0. The van der Waals surface area contributed by atoms with Gasteiger partial charge in [0.2, 0.25) is 5.91 Å². The number of aromatic hydroxyl groups is 1. The number of rotatable bonds is 8. The van der Waals surface area contributed by atoms with Gasteiger partial charge in [0.1, 0.15) is 0 Å². The van der Waals surface area contributed by atoms with Gasteiger partial charge in [-0.25, -0.2) is 4.99 Å². The smallest absolute Gasteiger partial charge is 0.230 e. The number of carbonyl (C=O) groups is 1. The Morgan fingerprint density at radius 1 is 1.24 bits per heavy atom. The normalized spacial score (nSPS) is 15.4. The predicted molar refractivity (Wildman–Crippen MR) is 127 cm³/mol. The van der Waals surface area contributed by atoms with Gasteiger partial charge >= 0.3 is 0 Å². The summed E-state index contributed by atoms with van der Waals surface area (Å²) in [7, 11) is 3.64. The summed E-state index contributed by atoms with van der Waals surface area (Å²) in [5, 5.41) is 16.5. The van der Waals surface area contributed by atoms with Gasteiger partial charge in [-0.1, -0.05) is 18.9 Å². The molecule has 1 aromatic carbocycles. The van der Waals surface area contributed by atoms with E-state index in [1.54, 1.807) is 17.0 Å². The maximum Gasteiger partial charge on any atom is 0.230 e. The number of carbonyl (C=O) groups excluding carboxylic acids is 1. The minimum absolute atomic E-state index is 0. The molecule has 29 heavy (non-hydrogen) atoms. The van der Waals surface area contributed by atoms with Gasteiger partial charge < -0.3 is 25.4 Å². The van der Waals surface area contributed by atoms with E-state index < -0.39 is 0 Å². The first-order valence-electron chi connectivity index (χ1n) is 10.1. The number of phenols is 1. The van der Waals surface area contributed by atoms with E-state index in [0.29, 0.717) is 31.4 Å². The first-order valence-corrected chi connectivity index (χ1v) is 10.1. The number of amides is 1. The highest BCUT2D eigenvalue weighted by atomic mass is 127. The van der Waals surface area contributed by atoms with Crippen LogP contribution in [0.15, 0.2) is 23.2 Å². The Hall–Kier alpha value is -1.71. The lowest BCUT2D eigenvalue weighted by molar-refractivity contribution is -0.138. The van der Waals surface area contributed by atoms with Crippen molar-refractivity contribution in [1.82, 2.24) is 15.5 Å². The molecule has 3 N–H and O–H groups in total. The highest BCUT2D eigenvalue weighted by Crippen LogP contribution is 2.38. The SMILES string of the molecule is CCNC(=NCc1ccc(O)c(OCC)c1)NCC1(C(=O)N(C)C)CCCC1.I. The number of aliphatic imine (C=N–C) groups is 1. The highest BCUT2D eigenvalue weighted by Gasteiger charge is 2.42. The molecule has 0 spiro atoms. The predicted octanol–water partition coefficient (Wildman–Crippen LogP) is 3.11. The van der Waals surface area contributed by atoms with Crippen LogP contribution in [0, 0.1) is 5.41 Å². The molecule has 1 aromatic rings. The largest absolute Gasteiger partial charge is 0.504 e. The zero-order chi connectivity index (χ0) is 20.6. The van der Waals surface area contributed by atoms with E-state index in [1.165, 1.54) is 0 Å². The average molecular weight is 518 g/mol. The Balaban J connectivity index is 0.00000420. The van der Waals surface area contributed by atoms with Crippen LogP contribution in [0.2, 0.25) is 0 Å². The van der Waals surface area contributed by atoms with Crippen molar-refractivity contribution in [2.75, 3.05) is 33.8 Å². The molecule has 1 fully saturated rings. The van der Waals surface area contributed by atoms with Crippen molar-refractivity contribution >= 4 is 35.8 Å². The summed E-state index contributed by atoms with van der Waals surface area (Å²) in [6.07, 6.45) is 3.99. The summed E-state index contributed by atoms with van der Waals surface area (Å²) in [6, 6.07) is 5.26. The monoisotopic (exact) mass is 518 g/mol. The summed E-state index contributed by atoms with van der Waals surface area (Å²) in [5.41, 5.74) is 0.596. The minimum Gasteiger partial charge on any atom is -0.504 e. The first-order chi connectivity index (χ1) is 13.4. The molecule has 0 saturated heterocycles. The Bertz CT molecular complexity index is 689. The third kappa shape index (κ3) is 6.94. The van der Waals surface area contributed by atoms with Gasteiger partial charge in [-0.05, 0) is 44.4 Å². The Kier molecular flexibility index (Phi) is 10.6. The molecule has 0 radical (unpaired) electrons. The number of hydrogen-bond acceptors (Lipinski definition) is 4. The van der Waals surface area contributed by atoms with E-state index in [2.05, 4.69) is 15.6 Å². The van der Waals surface area contributed by atoms with Gasteiger partial charge in [0.05, 0.1) is 18.6 Å². The van der Waals surface area contributed by atoms with Gasteiger partial charge in [-0.3, -0.25) is 4.79 Å². The maximum absolute atomic E-state index is 12.7. The van der Waals surface area contributed by atoms with Gasteiger partial charge in [0.25, 0.3) is 0 Å². The maximum atomic E-state index is 12.7. The van der Waals surface area contributed by atoms with Gasteiger partial charge in [0, 0.05) is 27.2 Å². The second-order valence-electron chi connectivity index (χ2n) is 7.47. The van der Waals surface area contributed by atoms with Crippen LogP contribution in [0.25, 0.3) is 0 Å². The van der Waals surface area contributed by atoms with Crippen molar-refractivity contribution in [3.63, 3.8) is 0 Å². The molecule has 0 aliphatic heterocycles. The van der Waals surface area contributed by atoms with Crippen LogP contribution < -0.4 is 15.4 Å². The molecular formula is C21H35IN4O3. The van der Waals surface area contributed by atoms with Crippen LogP contribution in [0.4, 0.5) is 0 Å². The number of nitrogens with one attached hydrogen (secondary N) is 2. The summed E-state index contributed by atoms with van der Waals surface area (Å²) in [6.45, 7) is 6.15. The number of halogens is 1. The molecule has 2 rings (SSSR count). The van der Waals surface area contributed by atoms with Gasteiger partial charge in [-0.15, -0.1) is 24.0 Å². The molecule has 7 nitrogen and oxygen atoms in total. The molecule has 0 aromatic heterocycles. The molecule has 164 valence electrons. The van der Waals surface area contributed by atoms with Crippen LogP contribution in [-0.2, 0) is 11.3 Å². The third-order valence-electron chi connectivity index (χ3n) is 5.10. The minimum atomic E-state index is -0.347. The zero-order valence-corrected chi connectivity index (χ0v) is 20.3. The lowest BCUT2D eigenvalue weighted by atomic mass is 9.84. The Labute approximate surface area is 191 Å². The van der Waals surface area contributed by atoms with Crippen LogP contribution >= 0.6 is 24.0 Å². The number of benzene rings is 1. The molecule has 0 bridgehead atoms. The van der Waals surface area contributed by atoms with Crippen molar-refractivity contribution in [3.8, 4) is 11.5 Å². The van der Waals surface area contributed by atoms with Gasteiger partial charge in [0.15, 0.2) is 17.5 Å². The van der Waals surface area contributed by atoms with Crippen molar-refractivity contribution in [2.45, 2.75) is 46.1 Å². The molecular weight excluding hydrogens is 483 g/mol. The van der Waals surface area contributed by atoms with E-state index in [9.17, 15) is 9.90 Å². The van der Waals surface area contributed by atoms with E-state index in [-0.39, 0.29) is 41.0 Å². The second kappa shape index (κ2) is 12.1. The lowest BCUT2D eigenvalue weighted by Crippen LogP contribution is -2.49. The molecule has 1 amide bonds. The van der Waals surface area contributed by atoms with E-state index in [0.717, 1.165) is 37.8 Å². The summed E-state index contributed by atoms with van der Waals surface area (Å²) in [4.78, 5) is 19.1. The van der Waals surface area contributed by atoms with Gasteiger partial charge in [-0.2, -0.15) is 0 Å². The fraction of sp³-hybridized carbons (Fsp3) is 0.619. The number of ether oxygens (including phenoxy) is 1. The third-order valence-corrected chi connectivity index (χ3v) is 5.10. The van der Waals surface area contributed by atoms with E-state index >= 15 is 0 Å². The summed E-state index contributed by atoms with van der Waals surface area (Å²) in [5.74, 6) is 1.47. The first kappa shape index (κ1) is 25.3. The average Bonchev–Trinajstić information content (AvgIpc) is 3.16. The van der Waals surface area contributed by atoms with Crippen LogP contribution in [0.3, 0.4) is 0 Å². The second-order valence-corrected chi connectivity index (χ2v) is 7.47. The molecule has 8 heteroatoms. The Morgan fingerprint density at radius 2 is 1.93 bits per heavy atom. The standard InChI is InChI=1S/C21H34N4O3.HI/c1-5-22-20(23-14-16-9-10-17(26)18(13-16)28-6-2)24-15-21(11-7-8-12-21)19(27)25(3)4;/h9-10,13,26H,5-8,11-12,14-15H2,1-4H3,(H2,22,23,24);1H. The van der Waals surface area contributed by atoms with Crippen molar-refractivity contribution in [2.24, 2.45) is 10.4 Å². The van der Waals surface area contributed by atoms with Crippen molar-refractivity contribution in [3.05, 3.63) is 23.8 Å². The highest BCUT2D eigenvalue weighted by molar-refractivity contribution is 14.0.